The van der Waals surface area contributed by atoms with Crippen LogP contribution >= 0.6 is 24.0 Å². The van der Waals surface area contributed by atoms with Crippen LogP contribution in [0.5, 0.6) is 0 Å². The highest BCUT2D eigenvalue weighted by Gasteiger charge is 2.21. The Morgan fingerprint density at radius 2 is 2.14 bits per heavy atom. The van der Waals surface area contributed by atoms with Crippen LogP contribution in [0.2, 0.25) is 0 Å². The van der Waals surface area contributed by atoms with Gasteiger partial charge in [0.2, 0.25) is 0 Å². The molecule has 7 nitrogen and oxygen atoms in total. The summed E-state index contributed by atoms with van der Waals surface area (Å²) in [5.74, 6) is 0.803. The van der Waals surface area contributed by atoms with E-state index in [1.807, 2.05) is 20.8 Å². The van der Waals surface area contributed by atoms with Crippen molar-refractivity contribution in [2.24, 2.45) is 4.99 Å². The Morgan fingerprint density at radius 1 is 1.41 bits per heavy atom. The number of carbonyl (C=O) groups excluding carboxylic acids is 1. The molecule has 22 heavy (non-hydrogen) atoms. The molecule has 0 aromatic carbocycles. The van der Waals surface area contributed by atoms with Crippen molar-refractivity contribution in [1.82, 2.24) is 15.5 Å². The molecule has 1 aliphatic heterocycles. The average Bonchev–Trinajstić information content (AvgIpc) is 2.41. The molecule has 0 saturated heterocycles. The first-order valence-electron chi connectivity index (χ1n) is 7.41. The Labute approximate surface area is 150 Å². The van der Waals surface area contributed by atoms with Gasteiger partial charge in [0, 0.05) is 39.8 Å². The van der Waals surface area contributed by atoms with Crippen LogP contribution in [-0.4, -0.2) is 69.0 Å². The molecule has 8 heteroatoms. The molecule has 1 rings (SSSR count). The second kappa shape index (κ2) is 10.9. The minimum Gasteiger partial charge on any atom is -0.444 e. The molecule has 0 unspecified atom stereocenters. The summed E-state index contributed by atoms with van der Waals surface area (Å²) in [4.78, 5) is 18.1. The average molecular weight is 428 g/mol. The summed E-state index contributed by atoms with van der Waals surface area (Å²) >= 11 is 0. The summed E-state index contributed by atoms with van der Waals surface area (Å²) < 4.78 is 10.4. The molecular weight excluding hydrogens is 399 g/mol. The normalized spacial score (nSPS) is 14.3. The fourth-order valence-electron chi connectivity index (χ4n) is 1.78. The van der Waals surface area contributed by atoms with Gasteiger partial charge < -0.3 is 25.0 Å². The highest BCUT2D eigenvalue weighted by molar-refractivity contribution is 14.0. The lowest BCUT2D eigenvalue weighted by molar-refractivity contribution is 0.0206. The van der Waals surface area contributed by atoms with Crippen molar-refractivity contribution in [3.05, 3.63) is 0 Å². The number of hydrogen-bond donors (Lipinski definition) is 2. The van der Waals surface area contributed by atoms with Crippen molar-refractivity contribution in [1.29, 1.82) is 0 Å². The van der Waals surface area contributed by atoms with Crippen LogP contribution < -0.4 is 10.6 Å². The number of carbonyl (C=O) groups is 1. The monoisotopic (exact) mass is 428 g/mol. The van der Waals surface area contributed by atoms with Crippen LogP contribution in [0.25, 0.3) is 0 Å². The van der Waals surface area contributed by atoms with Gasteiger partial charge >= 0.3 is 6.09 Å². The topological polar surface area (TPSA) is 75.2 Å². The van der Waals surface area contributed by atoms with Gasteiger partial charge in [0.05, 0.1) is 6.61 Å². The summed E-state index contributed by atoms with van der Waals surface area (Å²) in [6.45, 7) is 9.51. The van der Waals surface area contributed by atoms with Gasteiger partial charge in [-0.05, 0) is 27.2 Å². The van der Waals surface area contributed by atoms with Gasteiger partial charge in [-0.2, -0.15) is 0 Å². The van der Waals surface area contributed by atoms with E-state index in [0.29, 0.717) is 26.2 Å². The van der Waals surface area contributed by atoms with E-state index in [1.165, 1.54) is 0 Å². The molecule has 0 aromatic heterocycles. The minimum absolute atomic E-state index is 0. The predicted molar refractivity (Wildman–Crippen MR) is 98.0 cm³/mol. The van der Waals surface area contributed by atoms with Gasteiger partial charge in [0.25, 0.3) is 0 Å². The Hall–Kier alpha value is -0.770. The molecule has 0 saturated carbocycles. The fraction of sp³-hybridized carbons (Fsp3) is 0.857. The molecule has 1 amide bonds. The van der Waals surface area contributed by atoms with Gasteiger partial charge in [-0.1, -0.05) is 0 Å². The van der Waals surface area contributed by atoms with E-state index in [0.717, 1.165) is 25.5 Å². The lowest BCUT2D eigenvalue weighted by Gasteiger charge is -2.27. The summed E-state index contributed by atoms with van der Waals surface area (Å²) in [5, 5.41) is 6.38. The number of nitrogens with one attached hydrogen (secondary N) is 2. The Morgan fingerprint density at radius 3 is 2.68 bits per heavy atom. The smallest absolute Gasteiger partial charge is 0.410 e. The van der Waals surface area contributed by atoms with E-state index in [-0.39, 0.29) is 30.1 Å². The van der Waals surface area contributed by atoms with Crippen LogP contribution in [0.15, 0.2) is 4.99 Å². The second-order valence-corrected chi connectivity index (χ2v) is 5.90. The Kier molecular flexibility index (Phi) is 10.5. The molecule has 1 heterocycles. The third kappa shape index (κ3) is 9.29. The number of methoxy groups -OCH3 is 1. The lowest BCUT2D eigenvalue weighted by atomic mass is 10.2. The highest BCUT2D eigenvalue weighted by Crippen LogP contribution is 2.09. The standard InChI is InChI=1S/C14H28N4O3.HI/c1-14(2,3)21-13(19)18(10-11-20-4)9-8-17-12-15-6-5-7-16-12;/h5-11H2,1-4H3,(H2,15,16,17);1H. The van der Waals surface area contributed by atoms with Crippen molar-refractivity contribution in [2.75, 3.05) is 46.4 Å². The number of aliphatic imine (C=N–C) groups is 1. The van der Waals surface area contributed by atoms with Gasteiger partial charge in [-0.3, -0.25) is 4.99 Å². The number of hydrogen-bond acceptors (Lipinski definition) is 6. The second-order valence-electron chi connectivity index (χ2n) is 5.90. The van der Waals surface area contributed by atoms with Crippen molar-refractivity contribution < 1.29 is 14.3 Å². The van der Waals surface area contributed by atoms with E-state index in [1.54, 1.807) is 12.0 Å². The molecule has 0 bridgehead atoms. The zero-order valence-electron chi connectivity index (χ0n) is 14.0. The number of amides is 1. The van der Waals surface area contributed by atoms with E-state index in [4.69, 9.17) is 9.47 Å². The number of ether oxygens (including phenoxy) is 2. The van der Waals surface area contributed by atoms with Gasteiger partial charge in [-0.15, -0.1) is 24.0 Å². The van der Waals surface area contributed by atoms with Crippen molar-refractivity contribution in [3.63, 3.8) is 0 Å². The maximum Gasteiger partial charge on any atom is 0.410 e. The van der Waals surface area contributed by atoms with Crippen LogP contribution in [-0.2, 0) is 9.47 Å². The zero-order chi connectivity index (χ0) is 15.7. The SMILES string of the molecule is COCCN(CCNC1=NCCCN1)C(=O)OC(C)(C)C.I. The van der Waals surface area contributed by atoms with E-state index in [2.05, 4.69) is 15.6 Å². The van der Waals surface area contributed by atoms with Gasteiger partial charge in [-0.25, -0.2) is 4.79 Å². The number of halogens is 1. The van der Waals surface area contributed by atoms with E-state index < -0.39 is 5.60 Å². The first kappa shape index (κ1) is 21.2. The predicted octanol–water partition coefficient (Wildman–Crippen LogP) is 1.43. The van der Waals surface area contributed by atoms with Crippen LogP contribution in [0.4, 0.5) is 4.79 Å². The Balaban J connectivity index is 0.00000441. The maximum atomic E-state index is 12.1. The van der Waals surface area contributed by atoms with Gasteiger partial charge in [0.15, 0.2) is 5.96 Å². The maximum absolute atomic E-state index is 12.1. The van der Waals surface area contributed by atoms with Crippen LogP contribution in [0.1, 0.15) is 27.2 Å². The lowest BCUT2D eigenvalue weighted by Crippen LogP contribution is -2.46. The summed E-state index contributed by atoms with van der Waals surface area (Å²) in [5.41, 5.74) is -0.495. The van der Waals surface area contributed by atoms with Crippen LogP contribution in [0, 0.1) is 0 Å². The summed E-state index contributed by atoms with van der Waals surface area (Å²) in [6.07, 6.45) is 0.739. The van der Waals surface area contributed by atoms with E-state index >= 15 is 0 Å². The molecule has 0 aromatic rings. The number of guanidine groups is 1. The van der Waals surface area contributed by atoms with Crippen molar-refractivity contribution in [3.8, 4) is 0 Å². The quantitative estimate of drug-likeness (QED) is 0.627. The number of rotatable bonds is 6. The fourth-order valence-corrected chi connectivity index (χ4v) is 1.78. The van der Waals surface area contributed by atoms with Crippen molar-refractivity contribution in [2.45, 2.75) is 32.8 Å². The minimum atomic E-state index is -0.495. The molecule has 1 aliphatic rings. The summed E-state index contributed by atoms with van der Waals surface area (Å²) in [6, 6.07) is 0. The molecule has 0 atom stereocenters. The number of nitrogens with zero attached hydrogens (tertiary/aromatic N) is 2. The van der Waals surface area contributed by atoms with Crippen molar-refractivity contribution >= 4 is 36.0 Å². The molecular formula is C14H29IN4O3. The van der Waals surface area contributed by atoms with Gasteiger partial charge in [0.1, 0.15) is 5.60 Å². The van der Waals surface area contributed by atoms with Crippen LogP contribution in [0.3, 0.4) is 0 Å². The molecule has 2 N–H and O–H groups in total. The van der Waals surface area contributed by atoms with E-state index in [9.17, 15) is 4.79 Å². The molecule has 0 radical (unpaired) electrons. The highest BCUT2D eigenvalue weighted by atomic mass is 127. The summed E-state index contributed by atoms with van der Waals surface area (Å²) in [7, 11) is 1.62. The molecule has 0 fully saturated rings. The first-order valence-corrected chi connectivity index (χ1v) is 7.41. The Bertz CT molecular complexity index is 358. The molecule has 130 valence electrons. The third-order valence-corrected chi connectivity index (χ3v) is 2.79. The molecule has 0 spiro atoms. The molecule has 0 aliphatic carbocycles. The largest absolute Gasteiger partial charge is 0.444 e. The zero-order valence-corrected chi connectivity index (χ0v) is 16.3. The first-order chi connectivity index (χ1) is 9.92. The third-order valence-electron chi connectivity index (χ3n) is 2.79.